The van der Waals surface area contributed by atoms with Gasteiger partial charge in [-0.2, -0.15) is 4.57 Å². The van der Waals surface area contributed by atoms with Gasteiger partial charge >= 0.3 is 0 Å². The number of rotatable bonds is 3. The first kappa shape index (κ1) is 13.2. The number of hydrogen-bond acceptors (Lipinski definition) is 2. The first-order valence-corrected chi connectivity index (χ1v) is 8.07. The van der Waals surface area contributed by atoms with Crippen molar-refractivity contribution in [3.05, 3.63) is 77.8 Å². The Hall–Kier alpha value is -2.52. The van der Waals surface area contributed by atoms with Crippen molar-refractivity contribution in [2.75, 3.05) is 0 Å². The van der Waals surface area contributed by atoms with Crippen molar-refractivity contribution < 1.29 is 9.36 Å². The maximum atomic E-state index is 12.6. The molecule has 22 heavy (non-hydrogen) atoms. The molecule has 0 unspecified atom stereocenters. The number of para-hydroxylation sites is 1. The molecule has 4 rings (SSSR count). The van der Waals surface area contributed by atoms with Crippen LogP contribution in [-0.4, -0.2) is 5.78 Å². The van der Waals surface area contributed by atoms with E-state index in [0.717, 1.165) is 21.9 Å². The second kappa shape index (κ2) is 5.35. The number of hydrogen-bond donors (Lipinski definition) is 0. The summed E-state index contributed by atoms with van der Waals surface area (Å²) in [4.78, 5) is 12.6. The Morgan fingerprint density at radius 1 is 0.909 bits per heavy atom. The molecule has 0 radical (unpaired) electrons. The predicted molar refractivity (Wildman–Crippen MR) is 90.3 cm³/mol. The lowest BCUT2D eigenvalue weighted by atomic mass is 10.0. The number of benzene rings is 3. The van der Waals surface area contributed by atoms with Crippen LogP contribution >= 0.6 is 11.3 Å². The van der Waals surface area contributed by atoms with Crippen LogP contribution in [-0.2, 0) is 6.54 Å². The van der Waals surface area contributed by atoms with Gasteiger partial charge in [0.2, 0.25) is 23.4 Å². The average Bonchev–Trinajstić information content (AvgIpc) is 2.97. The molecule has 2 nitrogen and oxygen atoms in total. The normalized spacial score (nSPS) is 11.1. The molecule has 3 aromatic carbocycles. The van der Waals surface area contributed by atoms with Crippen LogP contribution in [0.15, 0.2) is 72.2 Å². The van der Waals surface area contributed by atoms with E-state index < -0.39 is 0 Å². The summed E-state index contributed by atoms with van der Waals surface area (Å²) in [5.74, 6) is 0.138. The highest BCUT2D eigenvalue weighted by Crippen LogP contribution is 2.18. The molecule has 0 bridgehead atoms. The van der Waals surface area contributed by atoms with E-state index in [2.05, 4.69) is 18.2 Å². The van der Waals surface area contributed by atoms with Crippen LogP contribution in [0.5, 0.6) is 0 Å². The van der Waals surface area contributed by atoms with Crippen LogP contribution in [0.25, 0.3) is 21.0 Å². The lowest BCUT2D eigenvalue weighted by Crippen LogP contribution is -2.36. The van der Waals surface area contributed by atoms with Crippen LogP contribution in [0.2, 0.25) is 0 Å². The molecule has 0 N–H and O–H groups in total. The summed E-state index contributed by atoms with van der Waals surface area (Å²) >= 11 is 1.66. The molecule has 4 aromatic rings. The van der Waals surface area contributed by atoms with E-state index in [1.54, 1.807) is 11.3 Å². The van der Waals surface area contributed by atoms with Crippen molar-refractivity contribution in [3.63, 3.8) is 0 Å². The summed E-state index contributed by atoms with van der Waals surface area (Å²) in [7, 11) is 0. The second-order valence-electron chi connectivity index (χ2n) is 5.30. The number of nitrogens with zero attached hydrogens (tertiary/aromatic N) is 1. The average molecular weight is 304 g/mol. The van der Waals surface area contributed by atoms with Gasteiger partial charge in [-0.25, -0.2) is 0 Å². The Morgan fingerprint density at radius 3 is 2.59 bits per heavy atom. The third kappa shape index (κ3) is 2.30. The molecule has 0 saturated carbocycles. The third-order valence-corrected chi connectivity index (χ3v) is 4.83. The quantitative estimate of drug-likeness (QED) is 0.410. The summed E-state index contributed by atoms with van der Waals surface area (Å²) in [6.07, 6.45) is 0. The minimum atomic E-state index is 0.138. The highest BCUT2D eigenvalue weighted by atomic mass is 32.1. The van der Waals surface area contributed by atoms with E-state index in [1.807, 2.05) is 58.6 Å². The van der Waals surface area contributed by atoms with Crippen LogP contribution < -0.4 is 4.57 Å². The zero-order chi connectivity index (χ0) is 14.9. The van der Waals surface area contributed by atoms with E-state index in [4.69, 9.17) is 0 Å². The number of carbonyl (C=O) groups excluding carboxylic acids is 1. The van der Waals surface area contributed by atoms with Crippen molar-refractivity contribution in [3.8, 4) is 0 Å². The molecule has 106 valence electrons. The third-order valence-electron chi connectivity index (χ3n) is 3.87. The standard InChI is InChI=1S/C19H14NOS/c21-18(12-20-13-22-19-8-4-3-7-17(19)20)16-10-9-14-5-1-2-6-15(14)11-16/h1-11,13H,12H2/q+1. The molecular weight excluding hydrogens is 290 g/mol. The van der Waals surface area contributed by atoms with Crippen LogP contribution in [0, 0.1) is 0 Å². The number of ketones is 1. The zero-order valence-electron chi connectivity index (χ0n) is 11.9. The number of fused-ring (bicyclic) bond motifs is 2. The molecular formula is C19H14NOS+. The van der Waals surface area contributed by atoms with E-state index >= 15 is 0 Å². The maximum Gasteiger partial charge on any atom is 0.227 e. The van der Waals surface area contributed by atoms with Gasteiger partial charge in [0.05, 0.1) is 0 Å². The molecule has 0 aliphatic heterocycles. The van der Waals surface area contributed by atoms with Crippen molar-refractivity contribution in [1.82, 2.24) is 0 Å². The van der Waals surface area contributed by atoms with Gasteiger partial charge in [0, 0.05) is 11.6 Å². The highest BCUT2D eigenvalue weighted by Gasteiger charge is 2.17. The molecule has 0 atom stereocenters. The van der Waals surface area contributed by atoms with Gasteiger partial charge in [-0.3, -0.25) is 4.79 Å². The Kier molecular flexibility index (Phi) is 3.20. The Morgan fingerprint density at radius 2 is 1.68 bits per heavy atom. The minimum absolute atomic E-state index is 0.138. The van der Waals surface area contributed by atoms with Gasteiger partial charge in [0.15, 0.2) is 0 Å². The van der Waals surface area contributed by atoms with Gasteiger partial charge in [0.25, 0.3) is 0 Å². The first-order valence-electron chi connectivity index (χ1n) is 7.19. The van der Waals surface area contributed by atoms with E-state index in [-0.39, 0.29) is 5.78 Å². The van der Waals surface area contributed by atoms with Crippen LogP contribution in [0.1, 0.15) is 10.4 Å². The van der Waals surface area contributed by atoms with Crippen molar-refractivity contribution in [2.24, 2.45) is 0 Å². The fraction of sp³-hybridized carbons (Fsp3) is 0.0526. The predicted octanol–water partition coefficient (Wildman–Crippen LogP) is 4.22. The summed E-state index contributed by atoms with van der Waals surface area (Å²) in [5.41, 5.74) is 3.90. The maximum absolute atomic E-state index is 12.6. The highest BCUT2D eigenvalue weighted by molar-refractivity contribution is 7.16. The van der Waals surface area contributed by atoms with Gasteiger partial charge in [0.1, 0.15) is 4.70 Å². The van der Waals surface area contributed by atoms with Crippen molar-refractivity contribution in [2.45, 2.75) is 6.54 Å². The molecule has 0 fully saturated rings. The van der Waals surface area contributed by atoms with Gasteiger partial charge in [-0.05, 0) is 22.9 Å². The van der Waals surface area contributed by atoms with Crippen molar-refractivity contribution in [1.29, 1.82) is 0 Å². The summed E-state index contributed by atoms with van der Waals surface area (Å²) < 4.78 is 3.23. The topological polar surface area (TPSA) is 20.9 Å². The van der Waals surface area contributed by atoms with Gasteiger partial charge in [-0.1, -0.05) is 59.9 Å². The van der Waals surface area contributed by atoms with Crippen LogP contribution in [0.3, 0.4) is 0 Å². The monoisotopic (exact) mass is 304 g/mol. The molecule has 0 aliphatic rings. The smallest absolute Gasteiger partial charge is 0.227 e. The Balaban J connectivity index is 1.68. The largest absolute Gasteiger partial charge is 0.287 e. The summed E-state index contributed by atoms with van der Waals surface area (Å²) in [6, 6.07) is 22.2. The number of aromatic nitrogens is 1. The SMILES string of the molecule is O=C(C[n+]1csc2ccccc21)c1ccc2ccccc2c1. The van der Waals surface area contributed by atoms with Crippen LogP contribution in [0.4, 0.5) is 0 Å². The van der Waals surface area contributed by atoms with Crippen molar-refractivity contribution >= 4 is 38.1 Å². The molecule has 0 aliphatic carbocycles. The molecule has 1 aromatic heterocycles. The number of thiazole rings is 1. The fourth-order valence-corrected chi connectivity index (χ4v) is 3.59. The lowest BCUT2D eigenvalue weighted by Gasteiger charge is -2.01. The second-order valence-corrected chi connectivity index (χ2v) is 6.19. The zero-order valence-corrected chi connectivity index (χ0v) is 12.7. The lowest BCUT2D eigenvalue weighted by molar-refractivity contribution is -0.652. The van der Waals surface area contributed by atoms with E-state index in [1.165, 1.54) is 4.70 Å². The van der Waals surface area contributed by atoms with E-state index in [0.29, 0.717) is 6.54 Å². The molecule has 0 spiro atoms. The molecule has 1 heterocycles. The van der Waals surface area contributed by atoms with E-state index in [9.17, 15) is 4.79 Å². The number of carbonyl (C=O) groups is 1. The minimum Gasteiger partial charge on any atom is -0.287 e. The Bertz CT molecular complexity index is 987. The molecule has 0 amide bonds. The fourth-order valence-electron chi connectivity index (χ4n) is 2.70. The number of Topliss-reactive ketones (excluding diaryl/α,β-unsaturated/α-hetero) is 1. The first-order chi connectivity index (χ1) is 10.8. The summed E-state index contributed by atoms with van der Waals surface area (Å²) in [6.45, 7) is 0.377. The molecule has 3 heteroatoms. The summed E-state index contributed by atoms with van der Waals surface area (Å²) in [5, 5.41) is 2.27. The van der Waals surface area contributed by atoms with Gasteiger partial charge < -0.3 is 0 Å². The molecule has 0 saturated heterocycles. The van der Waals surface area contributed by atoms with Gasteiger partial charge in [-0.15, -0.1) is 0 Å². The Labute approximate surface area is 132 Å².